The molecule has 1 aromatic carbocycles. The van der Waals surface area contributed by atoms with Crippen LogP contribution < -0.4 is 9.03 Å². The van der Waals surface area contributed by atoms with Gasteiger partial charge < -0.3 is 5.11 Å². The summed E-state index contributed by atoms with van der Waals surface area (Å²) in [6.45, 7) is 2.08. The fourth-order valence-electron chi connectivity index (χ4n) is 2.45. The zero-order valence-electron chi connectivity index (χ0n) is 12.6. The first kappa shape index (κ1) is 15.4. The summed E-state index contributed by atoms with van der Waals surface area (Å²) in [6.07, 6.45) is 5.95. The molecule has 1 aliphatic rings. The zero-order valence-corrected chi connectivity index (χ0v) is 13.4. The van der Waals surface area contributed by atoms with Crippen LogP contribution in [0.15, 0.2) is 48.9 Å². The molecule has 0 saturated carbocycles. The van der Waals surface area contributed by atoms with Crippen LogP contribution in [0.25, 0.3) is 0 Å². The second kappa shape index (κ2) is 5.92. The van der Waals surface area contributed by atoms with Crippen LogP contribution in [-0.4, -0.2) is 18.5 Å². The van der Waals surface area contributed by atoms with Gasteiger partial charge in [0.25, 0.3) is 0 Å². The molecule has 2 aromatic rings. The minimum Gasteiger partial charge on any atom is -0.506 e. The smallest absolute Gasteiger partial charge is 0.327 e. The number of aromatic nitrogens is 1. The molecular formula is C16H17N3O3S. The highest BCUT2D eigenvalue weighted by atomic mass is 32.2. The largest absolute Gasteiger partial charge is 0.506 e. The zero-order chi connectivity index (χ0) is 16.4. The lowest BCUT2D eigenvalue weighted by molar-refractivity contribution is 0.475. The number of pyridine rings is 1. The van der Waals surface area contributed by atoms with E-state index in [-0.39, 0.29) is 11.4 Å². The van der Waals surface area contributed by atoms with Crippen molar-refractivity contribution in [3.05, 3.63) is 65.7 Å². The van der Waals surface area contributed by atoms with Gasteiger partial charge in [0, 0.05) is 30.7 Å². The summed E-state index contributed by atoms with van der Waals surface area (Å²) in [5, 5.41) is 10.2. The molecule has 6 nitrogen and oxygen atoms in total. The Bertz CT molecular complexity index is 863. The lowest BCUT2D eigenvalue weighted by Crippen LogP contribution is -2.28. The van der Waals surface area contributed by atoms with Gasteiger partial charge in [0.05, 0.1) is 5.69 Å². The average molecular weight is 331 g/mol. The lowest BCUT2D eigenvalue weighted by Gasteiger charge is -2.16. The van der Waals surface area contributed by atoms with Gasteiger partial charge in [-0.3, -0.25) is 9.71 Å². The molecule has 2 heterocycles. The number of anilines is 1. The fourth-order valence-corrected chi connectivity index (χ4v) is 3.43. The van der Waals surface area contributed by atoms with Crippen LogP contribution in [0.1, 0.15) is 23.7 Å². The Balaban J connectivity index is 1.86. The second-order valence-electron chi connectivity index (χ2n) is 5.24. The monoisotopic (exact) mass is 331 g/mol. The molecule has 23 heavy (non-hydrogen) atoms. The van der Waals surface area contributed by atoms with Crippen LogP contribution in [0.5, 0.6) is 5.75 Å². The van der Waals surface area contributed by atoms with E-state index < -0.39 is 10.2 Å². The molecule has 0 aliphatic carbocycles. The number of hydrogen-bond acceptors (Lipinski definition) is 4. The summed E-state index contributed by atoms with van der Waals surface area (Å²) in [4.78, 5) is 4.33. The highest BCUT2D eigenvalue weighted by Crippen LogP contribution is 2.32. The first-order chi connectivity index (χ1) is 11.0. The van der Waals surface area contributed by atoms with Crippen molar-refractivity contribution < 1.29 is 13.5 Å². The lowest BCUT2D eigenvalue weighted by atomic mass is 10.1. The van der Waals surface area contributed by atoms with Gasteiger partial charge in [-0.25, -0.2) is 4.31 Å². The van der Waals surface area contributed by atoms with Gasteiger partial charge in [-0.1, -0.05) is 13.0 Å². The van der Waals surface area contributed by atoms with Crippen molar-refractivity contribution in [2.45, 2.75) is 19.8 Å². The molecule has 0 unspecified atom stereocenters. The minimum absolute atomic E-state index is 0.0916. The van der Waals surface area contributed by atoms with Gasteiger partial charge in [-0.15, -0.1) is 0 Å². The number of nitrogens with one attached hydrogen (secondary N) is 1. The van der Waals surface area contributed by atoms with Crippen LogP contribution >= 0.6 is 0 Å². The SMILES string of the molecule is CCc1ccnc(Cc2ccc(N3C=CNS3(=O)=O)c(O)c2)c1. The van der Waals surface area contributed by atoms with Crippen LogP contribution in [0.3, 0.4) is 0 Å². The molecule has 0 atom stereocenters. The van der Waals surface area contributed by atoms with Crippen molar-refractivity contribution in [2.24, 2.45) is 0 Å². The maximum Gasteiger partial charge on any atom is 0.327 e. The van der Waals surface area contributed by atoms with Crippen LogP contribution in [-0.2, 0) is 23.1 Å². The number of rotatable bonds is 4. The van der Waals surface area contributed by atoms with Crippen molar-refractivity contribution in [1.82, 2.24) is 9.71 Å². The molecule has 0 saturated heterocycles. The molecule has 0 amide bonds. The summed E-state index contributed by atoms with van der Waals surface area (Å²) in [5.74, 6) is -0.0916. The second-order valence-corrected chi connectivity index (χ2v) is 6.82. The van der Waals surface area contributed by atoms with Crippen LogP contribution in [0.4, 0.5) is 5.69 Å². The van der Waals surface area contributed by atoms with Crippen molar-refractivity contribution in [2.75, 3.05) is 4.31 Å². The number of benzene rings is 1. The number of phenolic OH excluding ortho intramolecular Hbond substituents is 1. The van der Waals surface area contributed by atoms with E-state index in [0.717, 1.165) is 22.0 Å². The van der Waals surface area contributed by atoms with Gasteiger partial charge >= 0.3 is 10.2 Å². The first-order valence-electron chi connectivity index (χ1n) is 7.23. The van der Waals surface area contributed by atoms with Gasteiger partial charge in [-0.05, 0) is 41.8 Å². The third-order valence-corrected chi connectivity index (χ3v) is 4.91. The Morgan fingerprint density at radius 3 is 2.70 bits per heavy atom. The Morgan fingerprint density at radius 2 is 2.04 bits per heavy atom. The van der Waals surface area contributed by atoms with E-state index in [2.05, 4.69) is 16.6 Å². The van der Waals surface area contributed by atoms with Crippen molar-refractivity contribution in [1.29, 1.82) is 0 Å². The number of nitrogens with zero attached hydrogens (tertiary/aromatic N) is 2. The van der Waals surface area contributed by atoms with Gasteiger partial charge in [0.1, 0.15) is 5.75 Å². The fraction of sp³-hybridized carbons (Fsp3) is 0.188. The minimum atomic E-state index is -3.64. The molecule has 0 spiro atoms. The van der Waals surface area contributed by atoms with E-state index in [9.17, 15) is 13.5 Å². The highest BCUT2D eigenvalue weighted by Gasteiger charge is 2.25. The molecule has 7 heteroatoms. The predicted molar refractivity (Wildman–Crippen MR) is 88.2 cm³/mol. The summed E-state index contributed by atoms with van der Waals surface area (Å²) in [5.41, 5.74) is 3.19. The molecule has 0 fully saturated rings. The summed E-state index contributed by atoms with van der Waals surface area (Å²) >= 11 is 0. The molecule has 2 N–H and O–H groups in total. The van der Waals surface area contributed by atoms with Crippen LogP contribution in [0.2, 0.25) is 0 Å². The van der Waals surface area contributed by atoms with Crippen LogP contribution in [0, 0.1) is 0 Å². The molecule has 120 valence electrons. The molecule has 1 aliphatic heterocycles. The topological polar surface area (TPSA) is 82.5 Å². The maximum absolute atomic E-state index is 11.8. The summed E-state index contributed by atoms with van der Waals surface area (Å²) < 4.78 is 26.8. The Labute approximate surface area is 135 Å². The Kier molecular flexibility index (Phi) is 3.96. The molecule has 1 aromatic heterocycles. The Morgan fingerprint density at radius 1 is 1.22 bits per heavy atom. The van der Waals surface area contributed by atoms with Gasteiger partial charge in [-0.2, -0.15) is 8.42 Å². The molecule has 0 radical (unpaired) electrons. The predicted octanol–water partition coefficient (Wildman–Crippen LogP) is 2.07. The van der Waals surface area contributed by atoms with Crippen molar-refractivity contribution in [3.63, 3.8) is 0 Å². The van der Waals surface area contributed by atoms with E-state index in [1.807, 2.05) is 12.1 Å². The molecule has 0 bridgehead atoms. The van der Waals surface area contributed by atoms with E-state index >= 15 is 0 Å². The van der Waals surface area contributed by atoms with E-state index in [0.29, 0.717) is 6.42 Å². The Hall–Kier alpha value is -2.54. The average Bonchev–Trinajstić information content (AvgIpc) is 2.87. The maximum atomic E-state index is 11.8. The third-order valence-electron chi connectivity index (χ3n) is 3.64. The van der Waals surface area contributed by atoms with Gasteiger partial charge in [0.15, 0.2) is 0 Å². The third kappa shape index (κ3) is 3.14. The number of aromatic hydroxyl groups is 1. The van der Waals surface area contributed by atoms with Crippen molar-refractivity contribution in [3.8, 4) is 5.75 Å². The quantitative estimate of drug-likeness (QED) is 0.898. The van der Waals surface area contributed by atoms with Gasteiger partial charge in [0.2, 0.25) is 0 Å². The summed E-state index contributed by atoms with van der Waals surface area (Å²) in [7, 11) is -3.64. The first-order valence-corrected chi connectivity index (χ1v) is 8.67. The van der Waals surface area contributed by atoms with Crippen molar-refractivity contribution >= 4 is 15.9 Å². The standard InChI is InChI=1S/C16H17N3O3S/c1-2-12-5-6-17-14(9-12)10-13-3-4-15(16(20)11-13)19-8-7-18-23(19,21)22/h3-9,11,18,20H,2,10H2,1H3. The normalized spacial score (nSPS) is 15.6. The summed E-state index contributed by atoms with van der Waals surface area (Å²) in [6, 6.07) is 8.95. The highest BCUT2D eigenvalue weighted by molar-refractivity contribution is 7.91. The van der Waals surface area contributed by atoms with E-state index in [4.69, 9.17) is 0 Å². The van der Waals surface area contributed by atoms with E-state index in [1.54, 1.807) is 24.4 Å². The van der Waals surface area contributed by atoms with E-state index in [1.165, 1.54) is 18.0 Å². The number of hydrogen-bond donors (Lipinski definition) is 2. The molecule has 3 rings (SSSR count). The number of aryl methyl sites for hydroxylation is 1. The molecular weight excluding hydrogens is 314 g/mol. The number of phenols is 1.